The van der Waals surface area contributed by atoms with Crippen molar-refractivity contribution in [2.24, 2.45) is 5.41 Å². The molecule has 2 bridgehead atoms. The van der Waals surface area contributed by atoms with Crippen LogP contribution in [-0.2, 0) is 22.6 Å². The van der Waals surface area contributed by atoms with Crippen LogP contribution in [-0.4, -0.2) is 44.2 Å². The molecule has 6 heteroatoms. The van der Waals surface area contributed by atoms with E-state index in [-0.39, 0.29) is 41.5 Å². The number of nitrogens with zero attached hydrogens (tertiary/aromatic N) is 3. The predicted octanol–water partition coefficient (Wildman–Crippen LogP) is 5.56. The molecule has 188 valence electrons. The third-order valence-electron chi connectivity index (χ3n) is 8.73. The third kappa shape index (κ3) is 4.45. The Bertz CT molecular complexity index is 1170. The Morgan fingerprint density at radius 3 is 2.49 bits per heavy atom. The van der Waals surface area contributed by atoms with Crippen molar-refractivity contribution in [2.75, 3.05) is 0 Å². The average Bonchev–Trinajstić information content (AvgIpc) is 3.23. The van der Waals surface area contributed by atoms with Crippen LogP contribution in [0.3, 0.4) is 0 Å². The molecular weight excluding hydrogens is 438 g/mol. The first-order valence-corrected chi connectivity index (χ1v) is 13.7. The fourth-order valence-electron chi connectivity index (χ4n) is 6.88. The van der Waals surface area contributed by atoms with Crippen LogP contribution in [0, 0.1) is 12.3 Å². The highest BCUT2D eigenvalue weighted by atomic mass is 16.2. The summed E-state index contributed by atoms with van der Waals surface area (Å²) in [6.45, 7) is 5.58. The van der Waals surface area contributed by atoms with Crippen molar-refractivity contribution in [1.29, 1.82) is 0 Å². The molecule has 1 aromatic carbocycles. The highest BCUT2D eigenvalue weighted by molar-refractivity contribution is 6.06. The number of ketones is 2. The number of carbonyl (C=O) groups is 3. The van der Waals surface area contributed by atoms with E-state index in [0.717, 1.165) is 48.6 Å². The first kappa shape index (κ1) is 24.2. The summed E-state index contributed by atoms with van der Waals surface area (Å²) < 4.78 is 1.76. The molecule has 1 saturated carbocycles. The van der Waals surface area contributed by atoms with E-state index in [1.807, 2.05) is 17.9 Å². The minimum absolute atomic E-state index is 0.0310. The highest BCUT2D eigenvalue weighted by Crippen LogP contribution is 2.62. The van der Waals surface area contributed by atoms with E-state index in [4.69, 9.17) is 0 Å². The van der Waals surface area contributed by atoms with Gasteiger partial charge in [-0.25, -0.2) is 0 Å². The molecule has 0 radical (unpaired) electrons. The minimum atomic E-state index is -0.305. The van der Waals surface area contributed by atoms with Gasteiger partial charge in [0, 0.05) is 24.8 Å². The van der Waals surface area contributed by atoms with Crippen molar-refractivity contribution < 1.29 is 14.4 Å². The van der Waals surface area contributed by atoms with Crippen LogP contribution in [0.1, 0.15) is 106 Å². The van der Waals surface area contributed by atoms with Crippen molar-refractivity contribution in [1.82, 2.24) is 14.7 Å². The maximum absolute atomic E-state index is 13.8. The van der Waals surface area contributed by atoms with Gasteiger partial charge >= 0.3 is 0 Å². The Balaban J connectivity index is 1.55. The lowest BCUT2D eigenvalue weighted by Crippen LogP contribution is -2.44. The predicted molar refractivity (Wildman–Crippen MR) is 137 cm³/mol. The number of Topliss-reactive ketones (excluding diaryl/α,β-unsaturated/α-hetero) is 2. The van der Waals surface area contributed by atoms with E-state index < -0.39 is 0 Å². The Labute approximate surface area is 208 Å². The number of carbonyl (C=O) groups excluding carboxylic acids is 3. The lowest BCUT2D eigenvalue weighted by molar-refractivity contribution is -0.139. The lowest BCUT2D eigenvalue weighted by atomic mass is 9.91. The minimum Gasteiger partial charge on any atom is -0.327 e. The maximum atomic E-state index is 13.8. The van der Waals surface area contributed by atoms with Crippen molar-refractivity contribution in [3.8, 4) is 0 Å². The molecule has 1 aliphatic carbocycles. The monoisotopic (exact) mass is 477 g/mol. The Morgan fingerprint density at radius 2 is 1.77 bits per heavy atom. The largest absolute Gasteiger partial charge is 0.327 e. The Hall–Kier alpha value is -2.50. The van der Waals surface area contributed by atoms with Gasteiger partial charge in [-0.05, 0) is 56.1 Å². The number of aryl methyl sites for hydroxylation is 2. The van der Waals surface area contributed by atoms with Crippen LogP contribution in [0.25, 0.3) is 10.9 Å². The summed E-state index contributed by atoms with van der Waals surface area (Å²) in [5, 5.41) is 5.52. The molecule has 3 atom stereocenters. The zero-order valence-electron chi connectivity index (χ0n) is 21.6. The molecule has 1 aromatic heterocycles. The van der Waals surface area contributed by atoms with Crippen LogP contribution >= 0.6 is 0 Å². The summed E-state index contributed by atoms with van der Waals surface area (Å²) >= 11 is 0. The summed E-state index contributed by atoms with van der Waals surface area (Å²) in [5.74, 6) is 0.0585. The van der Waals surface area contributed by atoms with Gasteiger partial charge in [0.05, 0.1) is 11.6 Å². The van der Waals surface area contributed by atoms with Gasteiger partial charge in [0.15, 0.2) is 11.6 Å². The number of piperidine rings is 1. The molecule has 5 rings (SSSR count). The Morgan fingerprint density at radius 1 is 1.06 bits per heavy atom. The van der Waals surface area contributed by atoms with Gasteiger partial charge in [-0.2, -0.15) is 5.10 Å². The molecule has 2 aromatic rings. The van der Waals surface area contributed by atoms with Crippen LogP contribution < -0.4 is 0 Å². The molecule has 6 nitrogen and oxygen atoms in total. The summed E-state index contributed by atoms with van der Waals surface area (Å²) in [6.07, 6.45) is 12.9. The number of hydrogen-bond donors (Lipinski definition) is 0. The maximum Gasteiger partial charge on any atom is 0.245 e. The fourth-order valence-corrected chi connectivity index (χ4v) is 6.88. The van der Waals surface area contributed by atoms with Gasteiger partial charge in [0.25, 0.3) is 0 Å². The first-order chi connectivity index (χ1) is 16.8. The quantitative estimate of drug-likeness (QED) is 0.542. The molecular formula is C29H39N3O3. The molecule has 1 saturated heterocycles. The molecule has 35 heavy (non-hydrogen) atoms. The van der Waals surface area contributed by atoms with Crippen LogP contribution in [0.2, 0.25) is 0 Å². The highest BCUT2D eigenvalue weighted by Gasteiger charge is 2.66. The summed E-state index contributed by atoms with van der Waals surface area (Å²) in [7, 11) is 0. The first-order valence-electron chi connectivity index (χ1n) is 13.7. The number of hydrogen-bond acceptors (Lipinski definition) is 4. The summed E-state index contributed by atoms with van der Waals surface area (Å²) in [5.41, 5.74) is 3.77. The number of benzene rings is 1. The molecule has 3 heterocycles. The van der Waals surface area contributed by atoms with Gasteiger partial charge in [-0.1, -0.05) is 57.1 Å². The molecule has 3 aliphatic rings. The molecule has 2 fully saturated rings. The average molecular weight is 478 g/mol. The lowest BCUT2D eigenvalue weighted by Gasteiger charge is -2.26. The summed E-state index contributed by atoms with van der Waals surface area (Å²) in [6, 6.07) is 4.09. The molecule has 2 aliphatic heterocycles. The summed E-state index contributed by atoms with van der Waals surface area (Å²) in [4.78, 5) is 41.1. The van der Waals surface area contributed by atoms with E-state index >= 15 is 0 Å². The van der Waals surface area contributed by atoms with Gasteiger partial charge in [0.1, 0.15) is 12.2 Å². The van der Waals surface area contributed by atoms with E-state index in [2.05, 4.69) is 18.1 Å². The zero-order valence-corrected chi connectivity index (χ0v) is 21.6. The normalized spacial score (nSPS) is 27.5. The molecule has 0 N–H and O–H groups in total. The number of rotatable bonds is 3. The fraction of sp³-hybridized carbons (Fsp3) is 0.655. The third-order valence-corrected chi connectivity index (χ3v) is 8.73. The second-order valence-corrected chi connectivity index (χ2v) is 11.3. The van der Waals surface area contributed by atoms with Crippen molar-refractivity contribution in [2.45, 2.75) is 116 Å². The van der Waals surface area contributed by atoms with Crippen molar-refractivity contribution in [3.05, 3.63) is 29.0 Å². The topological polar surface area (TPSA) is 72.3 Å². The number of amides is 1. The zero-order chi connectivity index (χ0) is 24.7. The second-order valence-electron chi connectivity index (χ2n) is 11.3. The van der Waals surface area contributed by atoms with Crippen LogP contribution in [0.5, 0.6) is 0 Å². The van der Waals surface area contributed by atoms with E-state index in [0.29, 0.717) is 12.1 Å². The van der Waals surface area contributed by atoms with Gasteiger partial charge in [-0.15, -0.1) is 0 Å². The number of aromatic nitrogens is 2. The molecule has 0 spiro atoms. The van der Waals surface area contributed by atoms with E-state index in [9.17, 15) is 14.4 Å². The second kappa shape index (κ2) is 9.51. The smallest absolute Gasteiger partial charge is 0.245 e. The van der Waals surface area contributed by atoms with E-state index in [1.165, 1.54) is 44.1 Å². The van der Waals surface area contributed by atoms with Crippen molar-refractivity contribution >= 4 is 28.4 Å². The van der Waals surface area contributed by atoms with Gasteiger partial charge in [-0.3, -0.25) is 19.1 Å². The van der Waals surface area contributed by atoms with Crippen molar-refractivity contribution in [3.63, 3.8) is 0 Å². The SMILES string of the molecule is CCC(=O)[C@@H]1C[C@]23CCCCCCCCCc4cc(C)cc5c(C(C)=O)nn(c45)CC(=O)N1[C@@H]2C3. The Kier molecular flexibility index (Phi) is 6.58. The van der Waals surface area contributed by atoms with Crippen LogP contribution in [0.15, 0.2) is 12.1 Å². The van der Waals surface area contributed by atoms with E-state index in [1.54, 1.807) is 11.6 Å². The molecule has 1 amide bonds. The van der Waals surface area contributed by atoms with Gasteiger partial charge in [0.2, 0.25) is 5.91 Å². The standard InChI is InChI=1S/C29H39N3O3/c1-4-24(34)23-16-29-13-11-9-7-5-6-8-10-12-21-14-19(2)15-22-27(20(3)33)30-31(28(21)22)18-26(35)32(23)25(29)17-29/h14-15,23,25H,4-13,16-18H2,1-3H3/t23-,25+,29-/m0/s1. The molecule has 0 unspecified atom stereocenters. The van der Waals surface area contributed by atoms with Gasteiger partial charge < -0.3 is 4.90 Å². The van der Waals surface area contributed by atoms with Crippen LogP contribution in [0.4, 0.5) is 0 Å².